The van der Waals surface area contributed by atoms with Crippen molar-refractivity contribution in [2.75, 3.05) is 44.7 Å². The zero-order valence-electron chi connectivity index (χ0n) is 16.2. The molecule has 0 amide bonds. The Kier molecular flexibility index (Phi) is 6.01. The van der Waals surface area contributed by atoms with Crippen LogP contribution in [-0.4, -0.2) is 60.6 Å². The molecule has 0 aliphatic carbocycles. The average Bonchev–Trinajstić information content (AvgIpc) is 3.17. The van der Waals surface area contributed by atoms with Crippen LogP contribution >= 0.6 is 11.3 Å². The molecule has 0 bridgehead atoms. The van der Waals surface area contributed by atoms with Gasteiger partial charge in [0.1, 0.15) is 5.82 Å². The van der Waals surface area contributed by atoms with E-state index < -0.39 is 0 Å². The molecule has 0 spiro atoms. The second-order valence-corrected chi connectivity index (χ2v) is 7.93. The summed E-state index contributed by atoms with van der Waals surface area (Å²) >= 11 is 1.80. The zero-order chi connectivity index (χ0) is 19.2. The number of aryl methyl sites for hydroxylation is 1. The predicted octanol–water partition coefficient (Wildman–Crippen LogP) is 3.02. The van der Waals surface area contributed by atoms with Crippen molar-refractivity contribution in [3.63, 3.8) is 0 Å². The van der Waals surface area contributed by atoms with Crippen molar-refractivity contribution in [2.45, 2.75) is 12.8 Å². The summed E-state index contributed by atoms with van der Waals surface area (Å²) in [5.74, 6) is 2.05. The van der Waals surface area contributed by atoms with Gasteiger partial charge in [-0.2, -0.15) is 0 Å². The van der Waals surface area contributed by atoms with Crippen LogP contribution in [0.25, 0.3) is 10.2 Å². The zero-order valence-corrected chi connectivity index (χ0v) is 17.0. The molecule has 1 aliphatic rings. The number of aliphatic imine (C=N–C) groups is 1. The van der Waals surface area contributed by atoms with E-state index in [9.17, 15) is 0 Å². The minimum absolute atomic E-state index is 0.906. The van der Waals surface area contributed by atoms with E-state index in [4.69, 9.17) is 4.98 Å². The maximum Gasteiger partial charge on any atom is 0.193 e. The fourth-order valence-corrected chi connectivity index (χ4v) is 4.50. The van der Waals surface area contributed by atoms with Crippen LogP contribution in [0.1, 0.15) is 11.4 Å². The standard InChI is InChI=1S/C21H26N6S/c1-22-21(27-15-13-26(14-16-27)19-9-4-5-11-23-19)24-12-6-10-20-25-17-7-2-3-8-18(17)28-20/h2-5,7-9,11H,6,10,12-16H2,1H3,(H,22,24). The summed E-state index contributed by atoms with van der Waals surface area (Å²) in [7, 11) is 1.86. The number of pyridine rings is 1. The van der Waals surface area contributed by atoms with Gasteiger partial charge in [0.25, 0.3) is 0 Å². The normalized spacial score (nSPS) is 15.2. The molecule has 2 aromatic heterocycles. The Labute approximate surface area is 169 Å². The van der Waals surface area contributed by atoms with Gasteiger partial charge in [0.05, 0.1) is 15.2 Å². The second kappa shape index (κ2) is 9.01. The molecule has 0 atom stereocenters. The van der Waals surface area contributed by atoms with Crippen molar-refractivity contribution in [1.29, 1.82) is 0 Å². The van der Waals surface area contributed by atoms with Crippen molar-refractivity contribution in [3.8, 4) is 0 Å². The molecule has 1 fully saturated rings. The summed E-state index contributed by atoms with van der Waals surface area (Å²) in [6, 6.07) is 14.4. The van der Waals surface area contributed by atoms with Crippen LogP contribution < -0.4 is 10.2 Å². The van der Waals surface area contributed by atoms with Crippen molar-refractivity contribution in [2.24, 2.45) is 4.99 Å². The number of piperazine rings is 1. The molecule has 146 valence electrons. The first kappa shape index (κ1) is 18.7. The van der Waals surface area contributed by atoms with Gasteiger partial charge in [-0.25, -0.2) is 9.97 Å². The Bertz CT molecular complexity index is 882. The lowest BCUT2D eigenvalue weighted by atomic mass is 10.3. The molecule has 3 heterocycles. The lowest BCUT2D eigenvalue weighted by molar-refractivity contribution is 0.371. The van der Waals surface area contributed by atoms with Crippen LogP contribution in [0.4, 0.5) is 5.82 Å². The monoisotopic (exact) mass is 394 g/mol. The maximum absolute atomic E-state index is 4.72. The van der Waals surface area contributed by atoms with Crippen LogP contribution in [0.15, 0.2) is 53.7 Å². The molecule has 3 aromatic rings. The molecule has 1 saturated heterocycles. The lowest BCUT2D eigenvalue weighted by Crippen LogP contribution is -2.52. The van der Waals surface area contributed by atoms with E-state index in [1.807, 2.05) is 31.4 Å². The van der Waals surface area contributed by atoms with Gasteiger partial charge in [0, 0.05) is 52.4 Å². The number of hydrogen-bond donors (Lipinski definition) is 1. The van der Waals surface area contributed by atoms with Gasteiger partial charge >= 0.3 is 0 Å². The molecule has 0 saturated carbocycles. The van der Waals surface area contributed by atoms with E-state index in [1.165, 1.54) is 9.71 Å². The van der Waals surface area contributed by atoms with E-state index in [-0.39, 0.29) is 0 Å². The van der Waals surface area contributed by atoms with Crippen LogP contribution in [-0.2, 0) is 6.42 Å². The Hall–Kier alpha value is -2.67. The molecule has 1 N–H and O–H groups in total. The third-order valence-electron chi connectivity index (χ3n) is 4.95. The van der Waals surface area contributed by atoms with Gasteiger partial charge in [-0.1, -0.05) is 18.2 Å². The minimum atomic E-state index is 0.906. The van der Waals surface area contributed by atoms with E-state index >= 15 is 0 Å². The van der Waals surface area contributed by atoms with Crippen molar-refractivity contribution >= 4 is 33.3 Å². The van der Waals surface area contributed by atoms with Gasteiger partial charge in [0.15, 0.2) is 5.96 Å². The molecule has 0 radical (unpaired) electrons. The first-order valence-electron chi connectivity index (χ1n) is 9.79. The molecule has 1 aromatic carbocycles. The molecule has 1 aliphatic heterocycles. The smallest absolute Gasteiger partial charge is 0.193 e. The number of thiazole rings is 1. The largest absolute Gasteiger partial charge is 0.356 e. The highest BCUT2D eigenvalue weighted by atomic mass is 32.1. The Morgan fingerprint density at radius 1 is 1.11 bits per heavy atom. The summed E-state index contributed by atoms with van der Waals surface area (Å²) in [5.41, 5.74) is 1.11. The minimum Gasteiger partial charge on any atom is -0.356 e. The van der Waals surface area contributed by atoms with Crippen molar-refractivity contribution in [3.05, 3.63) is 53.7 Å². The average molecular weight is 395 g/mol. The first-order valence-corrected chi connectivity index (χ1v) is 10.6. The highest BCUT2D eigenvalue weighted by Crippen LogP contribution is 2.22. The highest BCUT2D eigenvalue weighted by molar-refractivity contribution is 7.18. The number of aromatic nitrogens is 2. The quantitative estimate of drug-likeness (QED) is 0.410. The number of para-hydroxylation sites is 1. The van der Waals surface area contributed by atoms with Crippen molar-refractivity contribution < 1.29 is 0 Å². The fraction of sp³-hybridized carbons (Fsp3) is 0.381. The number of rotatable bonds is 5. The number of fused-ring (bicyclic) bond motifs is 1. The third-order valence-corrected chi connectivity index (χ3v) is 6.05. The molecular weight excluding hydrogens is 368 g/mol. The van der Waals surface area contributed by atoms with Crippen LogP contribution in [0.3, 0.4) is 0 Å². The van der Waals surface area contributed by atoms with Crippen LogP contribution in [0.5, 0.6) is 0 Å². The first-order chi connectivity index (χ1) is 13.8. The number of nitrogens with one attached hydrogen (secondary N) is 1. The summed E-state index contributed by atoms with van der Waals surface area (Å²) in [4.78, 5) is 18.3. The maximum atomic E-state index is 4.72. The van der Waals surface area contributed by atoms with Gasteiger partial charge < -0.3 is 15.1 Å². The Morgan fingerprint density at radius 3 is 2.68 bits per heavy atom. The Morgan fingerprint density at radius 2 is 1.93 bits per heavy atom. The van der Waals surface area contributed by atoms with E-state index in [2.05, 4.69) is 49.4 Å². The second-order valence-electron chi connectivity index (χ2n) is 6.81. The van der Waals surface area contributed by atoms with E-state index in [0.29, 0.717) is 0 Å². The van der Waals surface area contributed by atoms with Crippen LogP contribution in [0.2, 0.25) is 0 Å². The lowest BCUT2D eigenvalue weighted by Gasteiger charge is -2.37. The molecular formula is C21H26N6S. The number of hydrogen-bond acceptors (Lipinski definition) is 5. The fourth-order valence-electron chi connectivity index (χ4n) is 3.49. The number of guanidine groups is 1. The van der Waals surface area contributed by atoms with E-state index in [0.717, 1.165) is 62.9 Å². The number of anilines is 1. The third kappa shape index (κ3) is 4.42. The molecule has 0 unspecified atom stereocenters. The predicted molar refractivity (Wildman–Crippen MR) is 117 cm³/mol. The molecule has 6 nitrogen and oxygen atoms in total. The van der Waals surface area contributed by atoms with Gasteiger partial charge in [-0.15, -0.1) is 11.3 Å². The molecule has 28 heavy (non-hydrogen) atoms. The molecule has 7 heteroatoms. The van der Waals surface area contributed by atoms with Gasteiger partial charge in [-0.3, -0.25) is 4.99 Å². The van der Waals surface area contributed by atoms with Crippen molar-refractivity contribution in [1.82, 2.24) is 20.2 Å². The van der Waals surface area contributed by atoms with Crippen LogP contribution in [0, 0.1) is 0 Å². The summed E-state index contributed by atoms with van der Waals surface area (Å²) < 4.78 is 1.27. The summed E-state index contributed by atoms with van der Waals surface area (Å²) in [6.45, 7) is 4.73. The van der Waals surface area contributed by atoms with Gasteiger partial charge in [0.2, 0.25) is 0 Å². The topological polar surface area (TPSA) is 56.7 Å². The summed E-state index contributed by atoms with van der Waals surface area (Å²) in [5, 5.41) is 4.73. The van der Waals surface area contributed by atoms with E-state index in [1.54, 1.807) is 11.3 Å². The number of benzene rings is 1. The Balaban J connectivity index is 1.23. The molecule has 4 rings (SSSR count). The number of nitrogens with zero attached hydrogens (tertiary/aromatic N) is 5. The summed E-state index contributed by atoms with van der Waals surface area (Å²) in [6.07, 6.45) is 3.90. The SMILES string of the molecule is CN=C(NCCCc1nc2ccccc2s1)N1CCN(c2ccccn2)CC1. The highest BCUT2D eigenvalue weighted by Gasteiger charge is 2.20. The van der Waals surface area contributed by atoms with Gasteiger partial charge in [-0.05, 0) is 30.7 Å².